The Labute approximate surface area is 212 Å². The van der Waals surface area contributed by atoms with Crippen LogP contribution in [0.3, 0.4) is 0 Å². The Balaban J connectivity index is 1.40. The van der Waals surface area contributed by atoms with Crippen molar-refractivity contribution < 1.29 is 14.3 Å². The minimum absolute atomic E-state index is 0.202. The summed E-state index contributed by atoms with van der Waals surface area (Å²) in [7, 11) is 0. The number of aromatic nitrogens is 4. The Kier molecular flexibility index (Phi) is 6.86. The highest BCUT2D eigenvalue weighted by Crippen LogP contribution is 2.41. The molecule has 1 aliphatic carbocycles. The molecule has 1 aliphatic rings. The lowest BCUT2D eigenvalue weighted by Crippen LogP contribution is -2.36. The number of hydrogen-bond acceptors (Lipinski definition) is 9. The van der Waals surface area contributed by atoms with Crippen LogP contribution >= 0.6 is 11.3 Å². The second kappa shape index (κ2) is 10.4. The van der Waals surface area contributed by atoms with E-state index in [0.717, 1.165) is 50.3 Å². The number of aryl methyl sites for hydroxylation is 1. The first-order valence-corrected chi connectivity index (χ1v) is 12.9. The molecule has 3 heterocycles. The quantitative estimate of drug-likeness (QED) is 0.344. The van der Waals surface area contributed by atoms with Crippen molar-refractivity contribution in [2.75, 3.05) is 25.0 Å². The molecule has 0 fully saturated rings. The largest absolute Gasteiger partial charge is 0.492 e. The van der Waals surface area contributed by atoms with Gasteiger partial charge in [0.2, 0.25) is 0 Å². The van der Waals surface area contributed by atoms with Crippen molar-refractivity contribution in [3.63, 3.8) is 0 Å². The summed E-state index contributed by atoms with van der Waals surface area (Å²) < 4.78 is 11.7. The number of ether oxygens (including phenoxy) is 2. The Morgan fingerprint density at radius 2 is 2.25 bits per heavy atom. The number of aromatic amines is 1. The van der Waals surface area contributed by atoms with Crippen molar-refractivity contribution >= 4 is 50.1 Å². The van der Waals surface area contributed by atoms with E-state index in [-0.39, 0.29) is 12.2 Å². The predicted molar refractivity (Wildman–Crippen MR) is 138 cm³/mol. The molecule has 11 heteroatoms. The van der Waals surface area contributed by atoms with Gasteiger partial charge in [-0.1, -0.05) is 0 Å². The van der Waals surface area contributed by atoms with Crippen LogP contribution in [0.4, 0.5) is 16.3 Å². The normalized spacial score (nSPS) is 14.9. The summed E-state index contributed by atoms with van der Waals surface area (Å²) in [5.74, 6) is 1.44. The second-order valence-corrected chi connectivity index (χ2v) is 9.59. The Morgan fingerprint density at radius 1 is 1.36 bits per heavy atom. The van der Waals surface area contributed by atoms with Gasteiger partial charge in [-0.25, -0.2) is 14.8 Å². The maximum atomic E-state index is 12.6. The van der Waals surface area contributed by atoms with E-state index >= 15 is 0 Å². The van der Waals surface area contributed by atoms with Crippen LogP contribution in [0.2, 0.25) is 0 Å². The molecule has 0 spiro atoms. The molecule has 3 aromatic heterocycles. The predicted octanol–water partition coefficient (Wildman–Crippen LogP) is 4.94. The van der Waals surface area contributed by atoms with Crippen LogP contribution in [0.5, 0.6) is 5.75 Å². The van der Waals surface area contributed by atoms with E-state index in [1.807, 2.05) is 26.0 Å². The Morgan fingerprint density at radius 3 is 3.06 bits per heavy atom. The standard InChI is InChI=1S/C25H27N7O3S/c1-3-32(9-5-8-26)25(33)35-16-6-7-17-21(11-16)36-24-22(17)23(27-14-28-24)30-19-10-15-13-29-31-18(15)12-20(19)34-4-2/h10,12-14,16H,3-7,9,11H2,1-2H3,(H,29,31)(H,27,28,30). The highest BCUT2D eigenvalue weighted by Gasteiger charge is 2.28. The molecule has 0 bridgehead atoms. The molecule has 36 heavy (non-hydrogen) atoms. The zero-order valence-electron chi connectivity index (χ0n) is 20.2. The first-order chi connectivity index (χ1) is 17.6. The molecule has 1 amide bonds. The second-order valence-electron chi connectivity index (χ2n) is 8.51. The zero-order valence-corrected chi connectivity index (χ0v) is 21.0. The Hall–Kier alpha value is -3.91. The number of fused-ring (bicyclic) bond motifs is 4. The number of benzene rings is 1. The van der Waals surface area contributed by atoms with Gasteiger partial charge in [0.25, 0.3) is 0 Å². The number of nitrogens with one attached hydrogen (secondary N) is 2. The number of nitrogens with zero attached hydrogens (tertiary/aromatic N) is 5. The monoisotopic (exact) mass is 505 g/mol. The van der Waals surface area contributed by atoms with Crippen molar-refractivity contribution in [1.29, 1.82) is 5.26 Å². The van der Waals surface area contributed by atoms with Gasteiger partial charge in [0.05, 0.1) is 41.9 Å². The fraction of sp³-hybridized carbons (Fsp3) is 0.400. The van der Waals surface area contributed by atoms with Gasteiger partial charge in [0, 0.05) is 35.8 Å². The zero-order chi connectivity index (χ0) is 25.1. The summed E-state index contributed by atoms with van der Waals surface area (Å²) >= 11 is 1.62. The number of anilines is 2. The van der Waals surface area contributed by atoms with Crippen LogP contribution in [0, 0.1) is 11.3 Å². The van der Waals surface area contributed by atoms with Crippen LogP contribution in [-0.4, -0.2) is 57.0 Å². The summed E-state index contributed by atoms with van der Waals surface area (Å²) in [5.41, 5.74) is 2.91. The average Bonchev–Trinajstić information content (AvgIpc) is 3.48. The van der Waals surface area contributed by atoms with Gasteiger partial charge in [-0.3, -0.25) is 5.10 Å². The van der Waals surface area contributed by atoms with Crippen LogP contribution in [0.25, 0.3) is 21.1 Å². The molecular formula is C25H27N7O3S. The molecule has 4 aromatic rings. The van der Waals surface area contributed by atoms with Gasteiger partial charge in [-0.2, -0.15) is 10.4 Å². The average molecular weight is 506 g/mol. The van der Waals surface area contributed by atoms with Gasteiger partial charge in [-0.15, -0.1) is 11.3 Å². The first-order valence-electron chi connectivity index (χ1n) is 12.1. The SMILES string of the molecule is CCOc1cc2[nH]ncc2cc1Nc1ncnc2sc3c(c12)CCC(OC(=O)N(CC)CCC#N)C3. The number of thiophene rings is 1. The van der Waals surface area contributed by atoms with E-state index in [4.69, 9.17) is 14.7 Å². The molecule has 0 radical (unpaired) electrons. The van der Waals surface area contributed by atoms with Crippen molar-refractivity contribution in [1.82, 2.24) is 25.1 Å². The molecule has 0 saturated heterocycles. The maximum Gasteiger partial charge on any atom is 0.410 e. The minimum atomic E-state index is -0.359. The number of nitriles is 1. The highest BCUT2D eigenvalue weighted by atomic mass is 32.1. The molecule has 1 aromatic carbocycles. The molecule has 5 rings (SSSR count). The summed E-state index contributed by atoms with van der Waals surface area (Å²) in [6, 6.07) is 6.01. The maximum absolute atomic E-state index is 12.6. The fourth-order valence-corrected chi connectivity index (χ4v) is 5.78. The van der Waals surface area contributed by atoms with Crippen molar-refractivity contribution in [2.45, 2.75) is 45.6 Å². The molecule has 186 valence electrons. The summed E-state index contributed by atoms with van der Waals surface area (Å²) in [6.45, 7) is 5.27. The molecule has 2 N–H and O–H groups in total. The van der Waals surface area contributed by atoms with Crippen LogP contribution < -0.4 is 10.1 Å². The van der Waals surface area contributed by atoms with E-state index < -0.39 is 0 Å². The third-order valence-corrected chi connectivity index (χ3v) is 7.46. The van der Waals surface area contributed by atoms with Crippen molar-refractivity contribution in [3.05, 3.63) is 35.1 Å². The fourth-order valence-electron chi connectivity index (χ4n) is 4.53. The molecule has 0 aliphatic heterocycles. The van der Waals surface area contributed by atoms with Gasteiger partial charge in [-0.05, 0) is 38.3 Å². The van der Waals surface area contributed by atoms with Gasteiger partial charge in [0.1, 0.15) is 28.8 Å². The van der Waals surface area contributed by atoms with Gasteiger partial charge in [0.15, 0.2) is 0 Å². The lowest BCUT2D eigenvalue weighted by atomic mass is 9.94. The van der Waals surface area contributed by atoms with E-state index in [0.29, 0.717) is 38.3 Å². The molecular weight excluding hydrogens is 478 g/mol. The summed E-state index contributed by atoms with van der Waals surface area (Å²) in [5, 5.41) is 21.4. The van der Waals surface area contributed by atoms with E-state index in [1.54, 1.807) is 28.8 Å². The van der Waals surface area contributed by atoms with Crippen LogP contribution in [0.15, 0.2) is 24.7 Å². The van der Waals surface area contributed by atoms with E-state index in [1.165, 1.54) is 5.56 Å². The highest BCUT2D eigenvalue weighted by molar-refractivity contribution is 7.19. The molecule has 10 nitrogen and oxygen atoms in total. The van der Waals surface area contributed by atoms with Gasteiger partial charge >= 0.3 is 6.09 Å². The van der Waals surface area contributed by atoms with Crippen LogP contribution in [-0.2, 0) is 17.6 Å². The molecule has 1 atom stereocenters. The van der Waals surface area contributed by atoms with Crippen LogP contribution in [0.1, 0.15) is 37.1 Å². The number of hydrogen-bond donors (Lipinski definition) is 2. The smallest absolute Gasteiger partial charge is 0.410 e. The van der Waals surface area contributed by atoms with Crippen molar-refractivity contribution in [2.24, 2.45) is 0 Å². The molecule has 0 saturated carbocycles. The number of amides is 1. The summed E-state index contributed by atoms with van der Waals surface area (Å²) in [6.07, 6.45) is 5.20. The minimum Gasteiger partial charge on any atom is -0.492 e. The molecule has 1 unspecified atom stereocenters. The number of rotatable bonds is 8. The van der Waals surface area contributed by atoms with Crippen molar-refractivity contribution in [3.8, 4) is 11.8 Å². The number of H-pyrrole nitrogens is 1. The Bertz CT molecular complexity index is 1440. The number of carbonyl (C=O) groups excluding carboxylic acids is 1. The lowest BCUT2D eigenvalue weighted by molar-refractivity contribution is 0.0589. The van der Waals surface area contributed by atoms with E-state index in [9.17, 15) is 4.79 Å². The lowest BCUT2D eigenvalue weighted by Gasteiger charge is -2.26. The van der Waals surface area contributed by atoms with E-state index in [2.05, 4.69) is 31.6 Å². The topological polar surface area (TPSA) is 129 Å². The number of carbonyl (C=O) groups is 1. The summed E-state index contributed by atoms with van der Waals surface area (Å²) in [4.78, 5) is 25.3. The first kappa shape index (κ1) is 23.8. The third-order valence-electron chi connectivity index (χ3n) is 6.29. The van der Waals surface area contributed by atoms with Gasteiger partial charge < -0.3 is 19.7 Å². The third kappa shape index (κ3) is 4.64.